The maximum atomic E-state index is 11.9. The van der Waals surface area contributed by atoms with Crippen molar-refractivity contribution in [2.45, 2.75) is 58.4 Å². The Morgan fingerprint density at radius 1 is 1.39 bits per heavy atom. The molecule has 1 amide bonds. The normalized spacial score (nSPS) is 17.1. The van der Waals surface area contributed by atoms with Gasteiger partial charge in [-0.25, -0.2) is 0 Å². The van der Waals surface area contributed by atoms with Crippen molar-refractivity contribution in [1.29, 1.82) is 0 Å². The van der Waals surface area contributed by atoms with E-state index in [1.165, 1.54) is 6.42 Å². The van der Waals surface area contributed by atoms with Crippen LogP contribution in [0, 0.1) is 5.92 Å². The maximum Gasteiger partial charge on any atom is 0.229 e. The summed E-state index contributed by atoms with van der Waals surface area (Å²) in [6, 6.07) is 0. The van der Waals surface area contributed by atoms with Crippen molar-refractivity contribution in [3.63, 3.8) is 0 Å². The van der Waals surface area contributed by atoms with E-state index in [0.29, 0.717) is 18.3 Å². The SMILES string of the molecule is CC(C)c1nc(CNC(=O)C2CCCCC2)no1. The lowest BCUT2D eigenvalue weighted by Gasteiger charge is -2.20. The van der Waals surface area contributed by atoms with Crippen LogP contribution in [0.4, 0.5) is 0 Å². The van der Waals surface area contributed by atoms with Crippen LogP contribution in [0.15, 0.2) is 4.52 Å². The van der Waals surface area contributed by atoms with Crippen molar-refractivity contribution in [2.24, 2.45) is 5.92 Å². The standard InChI is InChI=1S/C13H21N3O2/c1-9(2)13-15-11(16-18-13)8-14-12(17)10-6-4-3-5-7-10/h9-10H,3-8H2,1-2H3,(H,14,17). The smallest absolute Gasteiger partial charge is 0.229 e. The van der Waals surface area contributed by atoms with E-state index in [1.807, 2.05) is 13.8 Å². The number of hydrogen-bond donors (Lipinski definition) is 1. The first-order valence-electron chi connectivity index (χ1n) is 6.77. The average Bonchev–Trinajstić information content (AvgIpc) is 2.86. The molecule has 1 aromatic heterocycles. The van der Waals surface area contributed by atoms with Gasteiger partial charge in [-0.3, -0.25) is 4.79 Å². The molecule has 0 aromatic carbocycles. The molecular weight excluding hydrogens is 230 g/mol. The van der Waals surface area contributed by atoms with Gasteiger partial charge >= 0.3 is 0 Å². The quantitative estimate of drug-likeness (QED) is 0.892. The van der Waals surface area contributed by atoms with Crippen molar-refractivity contribution in [2.75, 3.05) is 0 Å². The summed E-state index contributed by atoms with van der Waals surface area (Å²) in [4.78, 5) is 16.1. The van der Waals surface area contributed by atoms with Crippen LogP contribution in [0.3, 0.4) is 0 Å². The third-order valence-corrected chi connectivity index (χ3v) is 3.37. The van der Waals surface area contributed by atoms with E-state index >= 15 is 0 Å². The molecule has 5 nitrogen and oxygen atoms in total. The number of hydrogen-bond acceptors (Lipinski definition) is 4. The molecule has 1 fully saturated rings. The Morgan fingerprint density at radius 2 is 2.11 bits per heavy atom. The molecule has 1 aliphatic carbocycles. The minimum atomic E-state index is 0.130. The predicted octanol–water partition coefficient (Wildman–Crippen LogP) is 2.39. The first-order chi connectivity index (χ1) is 8.66. The first kappa shape index (κ1) is 13.1. The third kappa shape index (κ3) is 3.31. The molecule has 0 atom stereocenters. The van der Waals surface area contributed by atoms with Gasteiger partial charge in [-0.05, 0) is 12.8 Å². The van der Waals surface area contributed by atoms with Gasteiger partial charge in [0.25, 0.3) is 0 Å². The summed E-state index contributed by atoms with van der Waals surface area (Å²) in [5.41, 5.74) is 0. The summed E-state index contributed by atoms with van der Waals surface area (Å²) in [7, 11) is 0. The zero-order valence-electron chi connectivity index (χ0n) is 11.1. The minimum Gasteiger partial charge on any atom is -0.348 e. The van der Waals surface area contributed by atoms with Crippen LogP contribution in [-0.2, 0) is 11.3 Å². The summed E-state index contributed by atoms with van der Waals surface area (Å²) >= 11 is 0. The van der Waals surface area contributed by atoms with Crippen LogP contribution < -0.4 is 5.32 Å². The van der Waals surface area contributed by atoms with Gasteiger partial charge in [-0.2, -0.15) is 4.98 Å². The molecule has 0 spiro atoms. The molecule has 1 saturated carbocycles. The topological polar surface area (TPSA) is 68.0 Å². The summed E-state index contributed by atoms with van der Waals surface area (Å²) in [6.07, 6.45) is 5.60. The fourth-order valence-electron chi connectivity index (χ4n) is 2.25. The number of aromatic nitrogens is 2. The van der Waals surface area contributed by atoms with Crippen LogP contribution in [0.2, 0.25) is 0 Å². The monoisotopic (exact) mass is 251 g/mol. The Morgan fingerprint density at radius 3 is 2.72 bits per heavy atom. The lowest BCUT2D eigenvalue weighted by atomic mass is 9.89. The average molecular weight is 251 g/mol. The van der Waals surface area contributed by atoms with Gasteiger partial charge < -0.3 is 9.84 Å². The van der Waals surface area contributed by atoms with Crippen molar-refractivity contribution in [3.8, 4) is 0 Å². The van der Waals surface area contributed by atoms with Crippen LogP contribution in [0.25, 0.3) is 0 Å². The number of carbonyl (C=O) groups excluding carboxylic acids is 1. The van der Waals surface area contributed by atoms with Gasteiger partial charge in [0.2, 0.25) is 11.8 Å². The molecule has 1 N–H and O–H groups in total. The molecule has 18 heavy (non-hydrogen) atoms. The van der Waals surface area contributed by atoms with Gasteiger partial charge in [0.1, 0.15) is 0 Å². The van der Waals surface area contributed by atoms with E-state index < -0.39 is 0 Å². The van der Waals surface area contributed by atoms with Gasteiger partial charge in [0.05, 0.1) is 6.54 Å². The first-order valence-corrected chi connectivity index (χ1v) is 6.77. The van der Waals surface area contributed by atoms with E-state index in [2.05, 4.69) is 15.5 Å². The molecule has 0 radical (unpaired) electrons. The van der Waals surface area contributed by atoms with Gasteiger partial charge in [-0.15, -0.1) is 0 Å². The summed E-state index contributed by atoms with van der Waals surface area (Å²) in [5, 5.41) is 6.75. The van der Waals surface area contributed by atoms with Gasteiger partial charge in [-0.1, -0.05) is 38.3 Å². The van der Waals surface area contributed by atoms with E-state index in [9.17, 15) is 4.79 Å². The maximum absolute atomic E-state index is 11.9. The second-order valence-electron chi connectivity index (χ2n) is 5.26. The number of carbonyl (C=O) groups is 1. The Labute approximate surface area is 107 Å². The van der Waals surface area contributed by atoms with E-state index in [4.69, 9.17) is 4.52 Å². The molecule has 0 unspecified atom stereocenters. The number of amides is 1. The third-order valence-electron chi connectivity index (χ3n) is 3.37. The summed E-state index contributed by atoms with van der Waals surface area (Å²) in [5.74, 6) is 1.71. The molecule has 1 aromatic rings. The molecule has 1 aliphatic rings. The largest absolute Gasteiger partial charge is 0.348 e. The fraction of sp³-hybridized carbons (Fsp3) is 0.769. The highest BCUT2D eigenvalue weighted by molar-refractivity contribution is 5.78. The van der Waals surface area contributed by atoms with Crippen LogP contribution >= 0.6 is 0 Å². The molecule has 0 saturated heterocycles. The molecule has 1 heterocycles. The number of nitrogens with zero attached hydrogens (tertiary/aromatic N) is 2. The van der Waals surface area contributed by atoms with Crippen molar-refractivity contribution in [3.05, 3.63) is 11.7 Å². The van der Waals surface area contributed by atoms with Crippen molar-refractivity contribution >= 4 is 5.91 Å². The molecular formula is C13H21N3O2. The highest BCUT2D eigenvalue weighted by Crippen LogP contribution is 2.23. The predicted molar refractivity (Wildman–Crippen MR) is 66.8 cm³/mol. The Kier molecular flexibility index (Phi) is 4.33. The number of rotatable bonds is 4. The second-order valence-corrected chi connectivity index (χ2v) is 5.26. The summed E-state index contributed by atoms with van der Waals surface area (Å²) < 4.78 is 5.09. The van der Waals surface area contributed by atoms with Crippen LogP contribution in [0.1, 0.15) is 63.6 Å². The molecule has 5 heteroatoms. The van der Waals surface area contributed by atoms with Gasteiger partial charge in [0.15, 0.2) is 5.82 Å². The zero-order chi connectivity index (χ0) is 13.0. The highest BCUT2D eigenvalue weighted by atomic mass is 16.5. The highest BCUT2D eigenvalue weighted by Gasteiger charge is 2.21. The van der Waals surface area contributed by atoms with Gasteiger partial charge in [0, 0.05) is 11.8 Å². The summed E-state index contributed by atoms with van der Waals surface area (Å²) in [6.45, 7) is 4.36. The lowest BCUT2D eigenvalue weighted by molar-refractivity contribution is -0.126. The Bertz CT molecular complexity index is 395. The molecule has 100 valence electrons. The molecule has 0 bridgehead atoms. The van der Waals surface area contributed by atoms with E-state index in [-0.39, 0.29) is 17.7 Å². The van der Waals surface area contributed by atoms with Crippen LogP contribution in [0.5, 0.6) is 0 Å². The van der Waals surface area contributed by atoms with Crippen molar-refractivity contribution in [1.82, 2.24) is 15.5 Å². The number of nitrogens with one attached hydrogen (secondary N) is 1. The van der Waals surface area contributed by atoms with Crippen molar-refractivity contribution < 1.29 is 9.32 Å². The Hall–Kier alpha value is -1.39. The van der Waals surface area contributed by atoms with E-state index in [1.54, 1.807) is 0 Å². The second kappa shape index (κ2) is 5.98. The van der Waals surface area contributed by atoms with E-state index in [0.717, 1.165) is 25.7 Å². The molecule has 0 aliphatic heterocycles. The Balaban J connectivity index is 1.81. The fourth-order valence-corrected chi connectivity index (χ4v) is 2.25. The zero-order valence-corrected chi connectivity index (χ0v) is 11.1. The molecule has 2 rings (SSSR count). The minimum absolute atomic E-state index is 0.130. The lowest BCUT2D eigenvalue weighted by Crippen LogP contribution is -2.31. The van der Waals surface area contributed by atoms with Crippen LogP contribution in [-0.4, -0.2) is 16.0 Å².